The number of nitro groups is 1. The molecule has 0 saturated heterocycles. The molecule has 0 atom stereocenters. The van der Waals surface area contributed by atoms with E-state index < -0.39 is 26.6 Å². The third-order valence-electron chi connectivity index (χ3n) is 4.14. The van der Waals surface area contributed by atoms with Crippen LogP contribution in [0.15, 0.2) is 35.2 Å². The van der Waals surface area contributed by atoms with Gasteiger partial charge in [0.15, 0.2) is 10.6 Å². The van der Waals surface area contributed by atoms with Crippen molar-refractivity contribution in [3.05, 3.63) is 51.8 Å². The highest BCUT2D eigenvalue weighted by Crippen LogP contribution is 2.28. The monoisotopic (exact) mass is 394 g/mol. The van der Waals surface area contributed by atoms with Gasteiger partial charge >= 0.3 is 5.97 Å². The number of aryl methyl sites for hydroxylation is 1. The summed E-state index contributed by atoms with van der Waals surface area (Å²) in [4.78, 5) is 22.0. The molecule has 144 valence electrons. The smallest absolute Gasteiger partial charge is 0.358 e. The molecule has 0 aliphatic carbocycles. The van der Waals surface area contributed by atoms with Crippen LogP contribution in [0.5, 0.6) is 0 Å². The van der Waals surface area contributed by atoms with Crippen molar-refractivity contribution in [2.24, 2.45) is 0 Å². The van der Waals surface area contributed by atoms with Gasteiger partial charge < -0.3 is 4.74 Å². The first-order chi connectivity index (χ1) is 12.8. The average molecular weight is 394 g/mol. The first kappa shape index (κ1) is 19.0. The van der Waals surface area contributed by atoms with Gasteiger partial charge in [-0.05, 0) is 25.5 Å². The zero-order valence-corrected chi connectivity index (χ0v) is 15.4. The maximum atomic E-state index is 13.0. The maximum Gasteiger partial charge on any atom is 0.358 e. The maximum absolute atomic E-state index is 13.0. The number of benzene rings is 1. The van der Waals surface area contributed by atoms with Gasteiger partial charge in [-0.3, -0.25) is 14.8 Å². The van der Waals surface area contributed by atoms with Crippen LogP contribution in [0.3, 0.4) is 0 Å². The van der Waals surface area contributed by atoms with Gasteiger partial charge in [0.05, 0.1) is 23.8 Å². The van der Waals surface area contributed by atoms with Crippen LogP contribution in [-0.4, -0.2) is 46.5 Å². The fourth-order valence-corrected chi connectivity index (χ4v) is 4.52. The number of para-hydroxylation sites is 1. The van der Waals surface area contributed by atoms with E-state index in [-0.39, 0.29) is 30.3 Å². The number of nitro benzene ring substituents is 1. The highest BCUT2D eigenvalue weighted by atomic mass is 32.2. The molecule has 2 heterocycles. The number of nitrogens with zero attached hydrogens (tertiary/aromatic N) is 4. The van der Waals surface area contributed by atoms with Gasteiger partial charge in [0.25, 0.3) is 5.69 Å². The Morgan fingerprint density at radius 3 is 2.78 bits per heavy atom. The molecule has 0 fully saturated rings. The minimum absolute atomic E-state index is 0.0409. The number of fused-ring (bicyclic) bond motifs is 1. The first-order valence-corrected chi connectivity index (χ1v) is 9.76. The number of ether oxygens (including phenoxy) is 1. The van der Waals surface area contributed by atoms with E-state index >= 15 is 0 Å². The van der Waals surface area contributed by atoms with Crippen molar-refractivity contribution in [2.75, 3.05) is 13.2 Å². The van der Waals surface area contributed by atoms with E-state index in [0.717, 1.165) is 6.07 Å². The number of hydrogen-bond acceptors (Lipinski definition) is 7. The molecule has 0 unspecified atom stereocenters. The standard InChI is InChI=1S/C16H18N4O6S/c1-2-26-16(21)13-10-12-11-18(8-5-9-19(12)17-13)27(24,25)15-7-4-3-6-14(15)20(22)23/h3-4,6-7,10H,2,5,8-9,11H2,1H3. The molecule has 1 aliphatic heterocycles. The van der Waals surface area contributed by atoms with Crippen LogP contribution < -0.4 is 0 Å². The molecule has 0 N–H and O–H groups in total. The summed E-state index contributed by atoms with van der Waals surface area (Å²) in [5.41, 5.74) is 0.164. The van der Waals surface area contributed by atoms with Crippen LogP contribution in [0.25, 0.3) is 0 Å². The molecule has 3 rings (SSSR count). The van der Waals surface area contributed by atoms with Gasteiger partial charge in [-0.2, -0.15) is 9.40 Å². The van der Waals surface area contributed by atoms with Gasteiger partial charge in [-0.25, -0.2) is 13.2 Å². The van der Waals surface area contributed by atoms with Gasteiger partial charge in [0, 0.05) is 19.2 Å². The Bertz CT molecular complexity index is 985. The van der Waals surface area contributed by atoms with Crippen LogP contribution in [0, 0.1) is 10.1 Å². The number of carbonyl (C=O) groups excluding carboxylic acids is 1. The number of sulfonamides is 1. The highest BCUT2D eigenvalue weighted by Gasteiger charge is 2.33. The predicted octanol–water partition coefficient (Wildman–Crippen LogP) is 1.56. The zero-order chi connectivity index (χ0) is 19.6. The lowest BCUT2D eigenvalue weighted by molar-refractivity contribution is -0.387. The Morgan fingerprint density at radius 1 is 1.33 bits per heavy atom. The number of esters is 1. The molecule has 0 saturated carbocycles. The molecular weight excluding hydrogens is 376 g/mol. The van der Waals surface area contributed by atoms with E-state index in [2.05, 4.69) is 5.10 Å². The zero-order valence-electron chi connectivity index (χ0n) is 14.6. The summed E-state index contributed by atoms with van der Waals surface area (Å²) >= 11 is 0. The molecule has 1 aromatic heterocycles. The summed E-state index contributed by atoms with van der Waals surface area (Å²) in [5, 5.41) is 15.4. The summed E-state index contributed by atoms with van der Waals surface area (Å²) < 4.78 is 33.7. The van der Waals surface area contributed by atoms with Crippen molar-refractivity contribution in [1.82, 2.24) is 14.1 Å². The fourth-order valence-electron chi connectivity index (χ4n) is 2.91. The van der Waals surface area contributed by atoms with E-state index in [1.54, 1.807) is 11.6 Å². The largest absolute Gasteiger partial charge is 0.461 e. The van der Waals surface area contributed by atoms with Gasteiger partial charge in [-0.1, -0.05) is 12.1 Å². The Balaban J connectivity index is 1.95. The lowest BCUT2D eigenvalue weighted by Crippen LogP contribution is -2.31. The average Bonchev–Trinajstić information content (AvgIpc) is 2.93. The Kier molecular flexibility index (Phi) is 5.24. The lowest BCUT2D eigenvalue weighted by atomic mass is 10.3. The van der Waals surface area contributed by atoms with Gasteiger partial charge in [-0.15, -0.1) is 0 Å². The second-order valence-electron chi connectivity index (χ2n) is 5.88. The van der Waals surface area contributed by atoms with E-state index in [1.807, 2.05) is 0 Å². The molecule has 0 amide bonds. The Hall–Kier alpha value is -2.79. The first-order valence-electron chi connectivity index (χ1n) is 8.32. The van der Waals surface area contributed by atoms with Crippen molar-refractivity contribution in [3.8, 4) is 0 Å². The van der Waals surface area contributed by atoms with Crippen molar-refractivity contribution < 1.29 is 22.9 Å². The number of aromatic nitrogens is 2. The number of rotatable bonds is 5. The van der Waals surface area contributed by atoms with Crippen LogP contribution in [0.2, 0.25) is 0 Å². The SMILES string of the molecule is CCOC(=O)c1cc2n(n1)CCCN(S(=O)(=O)c1ccccc1[N+](=O)[O-])C2. The van der Waals surface area contributed by atoms with E-state index in [4.69, 9.17) is 4.74 Å². The van der Waals surface area contributed by atoms with Crippen molar-refractivity contribution in [3.63, 3.8) is 0 Å². The normalized spacial score (nSPS) is 15.0. The molecule has 27 heavy (non-hydrogen) atoms. The number of carbonyl (C=O) groups is 1. The molecule has 0 radical (unpaired) electrons. The van der Waals surface area contributed by atoms with Crippen LogP contribution in [0.4, 0.5) is 5.69 Å². The number of hydrogen-bond donors (Lipinski definition) is 0. The third-order valence-corrected chi connectivity index (χ3v) is 6.04. The topological polar surface area (TPSA) is 125 Å². The van der Waals surface area contributed by atoms with Crippen molar-refractivity contribution in [1.29, 1.82) is 0 Å². The fraction of sp³-hybridized carbons (Fsp3) is 0.375. The summed E-state index contributed by atoms with van der Waals surface area (Å²) in [6, 6.07) is 6.74. The molecule has 11 heteroatoms. The second-order valence-corrected chi connectivity index (χ2v) is 7.79. The Morgan fingerprint density at radius 2 is 2.07 bits per heavy atom. The molecule has 0 spiro atoms. The van der Waals surface area contributed by atoms with E-state index in [9.17, 15) is 23.3 Å². The van der Waals surface area contributed by atoms with Crippen LogP contribution in [0.1, 0.15) is 29.5 Å². The highest BCUT2D eigenvalue weighted by molar-refractivity contribution is 7.89. The predicted molar refractivity (Wildman–Crippen MR) is 93.5 cm³/mol. The van der Waals surface area contributed by atoms with Crippen molar-refractivity contribution in [2.45, 2.75) is 31.3 Å². The van der Waals surface area contributed by atoms with E-state index in [0.29, 0.717) is 18.7 Å². The minimum Gasteiger partial charge on any atom is -0.461 e. The van der Waals surface area contributed by atoms with Gasteiger partial charge in [0.2, 0.25) is 10.0 Å². The van der Waals surface area contributed by atoms with Gasteiger partial charge in [0.1, 0.15) is 0 Å². The minimum atomic E-state index is -4.09. The molecular formula is C16H18N4O6S. The summed E-state index contributed by atoms with van der Waals surface area (Å²) in [6.07, 6.45) is 0.455. The quantitative estimate of drug-likeness (QED) is 0.428. The third kappa shape index (κ3) is 3.69. The molecule has 10 nitrogen and oxygen atoms in total. The molecule has 1 aromatic carbocycles. The van der Waals surface area contributed by atoms with Crippen LogP contribution in [-0.2, 0) is 27.8 Å². The lowest BCUT2D eigenvalue weighted by Gasteiger charge is -2.19. The molecule has 2 aromatic rings. The van der Waals surface area contributed by atoms with Crippen molar-refractivity contribution >= 4 is 21.7 Å². The van der Waals surface area contributed by atoms with E-state index in [1.165, 1.54) is 28.6 Å². The van der Waals surface area contributed by atoms with Crippen LogP contribution >= 0.6 is 0 Å². The summed E-state index contributed by atoms with van der Waals surface area (Å²) in [5.74, 6) is -0.578. The second kappa shape index (κ2) is 7.45. The Labute approximate surface area is 155 Å². The molecule has 0 bridgehead atoms. The summed E-state index contributed by atoms with van der Waals surface area (Å²) in [7, 11) is -4.09. The molecule has 1 aliphatic rings. The summed E-state index contributed by atoms with van der Waals surface area (Å²) in [6.45, 7) is 2.46.